The van der Waals surface area contributed by atoms with Crippen molar-refractivity contribution in [1.82, 2.24) is 9.47 Å². The highest BCUT2D eigenvalue weighted by atomic mass is 32.2. The summed E-state index contributed by atoms with van der Waals surface area (Å²) in [5.41, 5.74) is 4.20. The molecule has 4 aromatic rings. The molecule has 3 aromatic carbocycles. The van der Waals surface area contributed by atoms with Crippen molar-refractivity contribution < 1.29 is 14.3 Å². The largest absolute Gasteiger partial charge is 0.497 e. The first-order valence-corrected chi connectivity index (χ1v) is 12.2. The quantitative estimate of drug-likeness (QED) is 0.398. The predicted molar refractivity (Wildman–Crippen MR) is 136 cm³/mol. The predicted octanol–water partition coefficient (Wildman–Crippen LogP) is 5.09. The van der Waals surface area contributed by atoms with Gasteiger partial charge >= 0.3 is 0 Å². The van der Waals surface area contributed by atoms with Gasteiger partial charge in [0.25, 0.3) is 5.91 Å². The van der Waals surface area contributed by atoms with Gasteiger partial charge in [-0.1, -0.05) is 36.4 Å². The standard InChI is InChI=1S/C27H25N3O3S/c1-29-22-10-5-4-9-21(22)24-25(17-11-13-19(33-2)14-12-17)30(27(32)26(24)29)16-23(31)28-18-7-6-8-20(15-18)34-3/h4-15,25H,16H2,1-3H3,(H,28,31). The van der Waals surface area contributed by atoms with Crippen LogP contribution in [0.4, 0.5) is 5.69 Å². The lowest BCUT2D eigenvalue weighted by atomic mass is 9.98. The molecule has 1 atom stereocenters. The van der Waals surface area contributed by atoms with Crippen LogP contribution in [0.15, 0.2) is 77.7 Å². The molecule has 0 bridgehead atoms. The molecule has 1 unspecified atom stereocenters. The van der Waals surface area contributed by atoms with Gasteiger partial charge in [-0.25, -0.2) is 0 Å². The Hall–Kier alpha value is -3.71. The summed E-state index contributed by atoms with van der Waals surface area (Å²) in [5.74, 6) is 0.356. The zero-order chi connectivity index (χ0) is 23.8. The lowest BCUT2D eigenvalue weighted by Gasteiger charge is -2.26. The van der Waals surface area contributed by atoms with Gasteiger partial charge in [-0.15, -0.1) is 11.8 Å². The highest BCUT2D eigenvalue weighted by molar-refractivity contribution is 7.98. The number of anilines is 1. The molecule has 0 spiro atoms. The first-order chi connectivity index (χ1) is 16.5. The fourth-order valence-electron chi connectivity index (χ4n) is 4.72. The summed E-state index contributed by atoms with van der Waals surface area (Å²) < 4.78 is 7.26. The Bertz CT molecular complexity index is 1390. The second-order valence-electron chi connectivity index (χ2n) is 8.23. The number of benzene rings is 3. The lowest BCUT2D eigenvalue weighted by molar-refractivity contribution is -0.117. The number of amides is 2. The maximum Gasteiger partial charge on any atom is 0.272 e. The van der Waals surface area contributed by atoms with Gasteiger partial charge in [0.05, 0.1) is 13.2 Å². The van der Waals surface area contributed by atoms with Crippen molar-refractivity contribution in [1.29, 1.82) is 0 Å². The van der Waals surface area contributed by atoms with E-state index in [9.17, 15) is 9.59 Å². The summed E-state index contributed by atoms with van der Waals surface area (Å²) in [4.78, 5) is 29.5. The normalized spacial score (nSPS) is 15.0. The van der Waals surface area contributed by atoms with Crippen LogP contribution >= 0.6 is 11.8 Å². The average molecular weight is 472 g/mol. The molecule has 0 saturated carbocycles. The number of carbonyl (C=O) groups excluding carboxylic acids is 2. The minimum Gasteiger partial charge on any atom is -0.497 e. The summed E-state index contributed by atoms with van der Waals surface area (Å²) in [5, 5.41) is 3.97. The van der Waals surface area contributed by atoms with E-state index >= 15 is 0 Å². The number of fused-ring (bicyclic) bond motifs is 3. The minimum absolute atomic E-state index is 0.0535. The molecule has 5 rings (SSSR count). The monoisotopic (exact) mass is 471 g/mol. The number of hydrogen-bond acceptors (Lipinski definition) is 4. The van der Waals surface area contributed by atoms with E-state index in [1.165, 1.54) is 0 Å². The summed E-state index contributed by atoms with van der Waals surface area (Å²) >= 11 is 1.61. The van der Waals surface area contributed by atoms with Crippen LogP contribution in [0.3, 0.4) is 0 Å². The van der Waals surface area contributed by atoms with Crippen LogP contribution in [-0.4, -0.2) is 41.2 Å². The second kappa shape index (κ2) is 8.91. The van der Waals surface area contributed by atoms with Crippen LogP contribution in [0.2, 0.25) is 0 Å². The first-order valence-electron chi connectivity index (χ1n) is 11.0. The molecule has 7 heteroatoms. The Kier molecular flexibility index (Phi) is 5.79. The topological polar surface area (TPSA) is 63.6 Å². The van der Waals surface area contributed by atoms with Crippen molar-refractivity contribution in [2.75, 3.05) is 25.2 Å². The molecule has 34 heavy (non-hydrogen) atoms. The summed E-state index contributed by atoms with van der Waals surface area (Å²) in [6.07, 6.45) is 1.99. The molecular formula is C27H25N3O3S. The molecule has 1 aliphatic heterocycles. The number of carbonyl (C=O) groups is 2. The minimum atomic E-state index is -0.372. The number of aryl methyl sites for hydroxylation is 1. The number of methoxy groups -OCH3 is 1. The van der Waals surface area contributed by atoms with Crippen molar-refractivity contribution in [3.05, 3.63) is 89.6 Å². The fraction of sp³-hybridized carbons (Fsp3) is 0.185. The van der Waals surface area contributed by atoms with Crippen LogP contribution in [-0.2, 0) is 11.8 Å². The van der Waals surface area contributed by atoms with Gasteiger partial charge in [-0.2, -0.15) is 0 Å². The zero-order valence-electron chi connectivity index (χ0n) is 19.2. The number of nitrogens with zero attached hydrogens (tertiary/aromatic N) is 2. The van der Waals surface area contributed by atoms with Gasteiger partial charge in [0.2, 0.25) is 5.91 Å². The summed E-state index contributed by atoms with van der Waals surface area (Å²) in [6.45, 7) is -0.0535. The van der Waals surface area contributed by atoms with Crippen LogP contribution in [0.25, 0.3) is 10.9 Å². The molecule has 0 radical (unpaired) electrons. The Morgan fingerprint density at radius 2 is 1.82 bits per heavy atom. The third-order valence-electron chi connectivity index (χ3n) is 6.29. The van der Waals surface area contributed by atoms with Crippen molar-refractivity contribution in [2.24, 2.45) is 7.05 Å². The lowest BCUT2D eigenvalue weighted by Crippen LogP contribution is -2.37. The Balaban J connectivity index is 1.54. The highest BCUT2D eigenvalue weighted by Gasteiger charge is 2.42. The van der Waals surface area contributed by atoms with E-state index in [2.05, 4.69) is 5.32 Å². The Morgan fingerprint density at radius 3 is 2.56 bits per heavy atom. The molecule has 2 heterocycles. The molecule has 0 aliphatic carbocycles. The van der Waals surface area contributed by atoms with E-state index in [4.69, 9.17) is 4.74 Å². The maximum absolute atomic E-state index is 13.7. The number of ether oxygens (including phenoxy) is 1. The molecule has 172 valence electrons. The zero-order valence-corrected chi connectivity index (χ0v) is 20.1. The SMILES string of the molecule is COc1ccc(C2c3c(n(C)c4ccccc34)C(=O)N2CC(=O)Nc2cccc(SC)c2)cc1. The molecule has 2 amide bonds. The fourth-order valence-corrected chi connectivity index (χ4v) is 5.18. The number of hydrogen-bond donors (Lipinski definition) is 1. The Morgan fingerprint density at radius 1 is 1.06 bits per heavy atom. The van der Waals surface area contributed by atoms with Gasteiger partial charge in [-0.05, 0) is 48.2 Å². The molecular weight excluding hydrogens is 446 g/mol. The van der Waals surface area contributed by atoms with Crippen molar-refractivity contribution in [3.63, 3.8) is 0 Å². The third-order valence-corrected chi connectivity index (χ3v) is 7.02. The van der Waals surface area contributed by atoms with Gasteiger partial charge in [0.1, 0.15) is 18.0 Å². The molecule has 1 aromatic heterocycles. The number of para-hydroxylation sites is 1. The van der Waals surface area contributed by atoms with Crippen LogP contribution in [0.5, 0.6) is 5.75 Å². The maximum atomic E-state index is 13.7. The van der Waals surface area contributed by atoms with E-state index in [1.807, 2.05) is 90.7 Å². The van der Waals surface area contributed by atoms with Gasteiger partial charge in [0, 0.05) is 34.1 Å². The van der Waals surface area contributed by atoms with Crippen molar-refractivity contribution in [2.45, 2.75) is 10.9 Å². The molecule has 6 nitrogen and oxygen atoms in total. The van der Waals surface area contributed by atoms with Crippen LogP contribution in [0, 0.1) is 0 Å². The first kappa shape index (κ1) is 22.1. The van der Waals surface area contributed by atoms with E-state index < -0.39 is 0 Å². The summed E-state index contributed by atoms with van der Waals surface area (Å²) in [6, 6.07) is 23.0. The van der Waals surface area contributed by atoms with E-state index in [1.54, 1.807) is 23.8 Å². The van der Waals surface area contributed by atoms with E-state index in [-0.39, 0.29) is 24.4 Å². The number of rotatable bonds is 6. The molecule has 0 fully saturated rings. The van der Waals surface area contributed by atoms with Gasteiger partial charge < -0.3 is 19.5 Å². The number of thioether (sulfide) groups is 1. The third kappa shape index (κ3) is 3.72. The van der Waals surface area contributed by atoms with Crippen molar-refractivity contribution >= 4 is 40.2 Å². The molecule has 1 aliphatic rings. The second-order valence-corrected chi connectivity index (χ2v) is 9.11. The number of aromatic nitrogens is 1. The van der Waals surface area contributed by atoms with Gasteiger partial charge in [-0.3, -0.25) is 9.59 Å². The van der Waals surface area contributed by atoms with Crippen LogP contribution in [0.1, 0.15) is 27.7 Å². The molecule has 0 saturated heterocycles. The summed E-state index contributed by atoms with van der Waals surface area (Å²) in [7, 11) is 3.53. The van der Waals surface area contributed by atoms with E-state index in [0.29, 0.717) is 11.4 Å². The highest BCUT2D eigenvalue weighted by Crippen LogP contribution is 2.44. The van der Waals surface area contributed by atoms with Crippen molar-refractivity contribution in [3.8, 4) is 5.75 Å². The van der Waals surface area contributed by atoms with Gasteiger partial charge in [0.15, 0.2) is 0 Å². The van der Waals surface area contributed by atoms with E-state index in [0.717, 1.165) is 32.7 Å². The van der Waals surface area contributed by atoms with Crippen LogP contribution < -0.4 is 10.1 Å². The average Bonchev–Trinajstić information content (AvgIpc) is 3.31. The Labute approximate surface area is 202 Å². The molecule has 1 N–H and O–H groups in total. The smallest absolute Gasteiger partial charge is 0.272 e. The number of nitrogens with one attached hydrogen (secondary N) is 1.